The molecule has 0 saturated carbocycles. The van der Waals surface area contributed by atoms with Crippen molar-refractivity contribution in [3.8, 4) is 5.75 Å². The maximum absolute atomic E-state index is 11.7. The average Bonchev–Trinajstić information content (AvgIpc) is 2.82. The topological polar surface area (TPSA) is 95.1 Å². The molecule has 2 aromatic rings. The highest BCUT2D eigenvalue weighted by molar-refractivity contribution is 7.99. The molecule has 0 fully saturated rings. The first-order valence-electron chi connectivity index (χ1n) is 7.67. The summed E-state index contributed by atoms with van der Waals surface area (Å²) >= 11 is 1.24. The minimum absolute atomic E-state index is 0.0639. The van der Waals surface area contributed by atoms with Crippen molar-refractivity contribution in [2.75, 3.05) is 11.6 Å². The van der Waals surface area contributed by atoms with E-state index >= 15 is 0 Å². The Morgan fingerprint density at radius 1 is 1.29 bits per heavy atom. The molecule has 0 saturated heterocycles. The Bertz CT molecular complexity index is 694. The number of carbonyl (C=O) groups excluding carboxylic acids is 1. The number of nitrogen functional groups attached to an aromatic ring is 1. The van der Waals surface area contributed by atoms with Crippen LogP contribution in [-0.4, -0.2) is 32.6 Å². The Morgan fingerprint density at radius 2 is 1.96 bits per heavy atom. The number of amides is 1. The number of ether oxygens (including phenoxy) is 1. The maximum atomic E-state index is 11.7. The third-order valence-electron chi connectivity index (χ3n) is 3.08. The van der Waals surface area contributed by atoms with Gasteiger partial charge in [-0.3, -0.25) is 4.79 Å². The largest absolute Gasteiger partial charge is 0.486 e. The van der Waals surface area contributed by atoms with Crippen LogP contribution in [-0.2, 0) is 11.4 Å². The molecule has 24 heavy (non-hydrogen) atoms. The van der Waals surface area contributed by atoms with Crippen molar-refractivity contribution < 1.29 is 9.53 Å². The lowest BCUT2D eigenvalue weighted by atomic mass is 10.1. The second kappa shape index (κ2) is 8.05. The average molecular weight is 349 g/mol. The summed E-state index contributed by atoms with van der Waals surface area (Å²) in [6.45, 7) is 8.07. The molecule has 0 radical (unpaired) electrons. The van der Waals surface area contributed by atoms with Gasteiger partial charge in [-0.05, 0) is 51.0 Å². The van der Waals surface area contributed by atoms with Crippen LogP contribution in [0.5, 0.6) is 5.75 Å². The minimum atomic E-state index is -0.0639. The van der Waals surface area contributed by atoms with E-state index in [-0.39, 0.29) is 24.3 Å². The molecule has 3 N–H and O–H groups in total. The van der Waals surface area contributed by atoms with Gasteiger partial charge in [-0.2, -0.15) is 0 Å². The molecule has 0 aliphatic heterocycles. The Hall–Kier alpha value is -2.22. The monoisotopic (exact) mass is 349 g/mol. The predicted molar refractivity (Wildman–Crippen MR) is 94.4 cm³/mol. The molecule has 0 unspecified atom stereocenters. The zero-order valence-electron chi connectivity index (χ0n) is 14.4. The maximum Gasteiger partial charge on any atom is 0.230 e. The van der Waals surface area contributed by atoms with Crippen molar-refractivity contribution in [1.82, 2.24) is 20.2 Å². The molecule has 2 rings (SSSR count). The zero-order valence-corrected chi connectivity index (χ0v) is 15.2. The molecule has 1 heterocycles. The fourth-order valence-electron chi connectivity index (χ4n) is 2.16. The van der Waals surface area contributed by atoms with Crippen molar-refractivity contribution in [2.45, 2.75) is 45.5 Å². The molecule has 1 aromatic carbocycles. The number of carbonyl (C=O) groups is 1. The molecule has 1 aromatic heterocycles. The van der Waals surface area contributed by atoms with Gasteiger partial charge in [-0.25, -0.2) is 4.68 Å². The fraction of sp³-hybridized carbons (Fsp3) is 0.438. The van der Waals surface area contributed by atoms with Crippen LogP contribution in [0.15, 0.2) is 23.4 Å². The van der Waals surface area contributed by atoms with Crippen molar-refractivity contribution in [3.63, 3.8) is 0 Å². The first-order valence-corrected chi connectivity index (χ1v) is 8.66. The number of thioether (sulfide) groups is 1. The smallest absolute Gasteiger partial charge is 0.230 e. The first-order chi connectivity index (χ1) is 11.3. The summed E-state index contributed by atoms with van der Waals surface area (Å²) < 4.78 is 7.09. The van der Waals surface area contributed by atoms with E-state index in [0.717, 1.165) is 16.9 Å². The standard InChI is InChI=1S/C16H23N5O2S/c1-10(2)18-15(22)9-24-16-20-19-14(21(16)17)8-23-13-6-11(3)5-12(4)7-13/h5-7,10H,8-9,17H2,1-4H3,(H,18,22). The van der Waals surface area contributed by atoms with Gasteiger partial charge in [0.15, 0.2) is 5.82 Å². The van der Waals surface area contributed by atoms with Crippen LogP contribution in [0.1, 0.15) is 30.8 Å². The van der Waals surface area contributed by atoms with E-state index in [4.69, 9.17) is 10.6 Å². The second-order valence-electron chi connectivity index (χ2n) is 5.89. The second-order valence-corrected chi connectivity index (χ2v) is 6.83. The molecule has 0 aliphatic carbocycles. The van der Waals surface area contributed by atoms with Crippen LogP contribution >= 0.6 is 11.8 Å². The number of benzene rings is 1. The molecule has 130 valence electrons. The van der Waals surface area contributed by atoms with Crippen molar-refractivity contribution in [3.05, 3.63) is 35.2 Å². The Morgan fingerprint density at radius 3 is 2.58 bits per heavy atom. The molecule has 8 heteroatoms. The van der Waals surface area contributed by atoms with Gasteiger partial charge in [0, 0.05) is 6.04 Å². The van der Waals surface area contributed by atoms with Crippen LogP contribution in [0.4, 0.5) is 0 Å². The summed E-state index contributed by atoms with van der Waals surface area (Å²) in [6, 6.07) is 6.09. The van der Waals surface area contributed by atoms with Crippen LogP contribution in [0.3, 0.4) is 0 Å². The molecular formula is C16H23N5O2S. The van der Waals surface area contributed by atoms with E-state index in [2.05, 4.69) is 21.6 Å². The van der Waals surface area contributed by atoms with Crippen LogP contribution in [0.25, 0.3) is 0 Å². The van der Waals surface area contributed by atoms with Gasteiger partial charge in [0.1, 0.15) is 12.4 Å². The van der Waals surface area contributed by atoms with Crippen molar-refractivity contribution in [2.24, 2.45) is 0 Å². The summed E-state index contributed by atoms with van der Waals surface area (Å²) in [5.41, 5.74) is 2.26. The molecule has 7 nitrogen and oxygen atoms in total. The Kier molecular flexibility index (Phi) is 6.08. The van der Waals surface area contributed by atoms with Gasteiger partial charge < -0.3 is 15.9 Å². The van der Waals surface area contributed by atoms with Crippen LogP contribution < -0.4 is 15.9 Å². The highest BCUT2D eigenvalue weighted by Crippen LogP contribution is 2.18. The normalized spacial score (nSPS) is 10.9. The molecule has 0 aliphatic rings. The molecular weight excluding hydrogens is 326 g/mol. The number of aromatic nitrogens is 3. The third-order valence-corrected chi connectivity index (χ3v) is 4.02. The van der Waals surface area contributed by atoms with E-state index < -0.39 is 0 Å². The van der Waals surface area contributed by atoms with Crippen LogP contribution in [0.2, 0.25) is 0 Å². The number of rotatable bonds is 7. The molecule has 0 atom stereocenters. The summed E-state index contributed by atoms with van der Waals surface area (Å²) in [7, 11) is 0. The van der Waals surface area contributed by atoms with Gasteiger partial charge in [-0.15, -0.1) is 10.2 Å². The molecule has 1 amide bonds. The number of nitrogens with zero attached hydrogens (tertiary/aromatic N) is 3. The lowest BCUT2D eigenvalue weighted by molar-refractivity contribution is -0.119. The summed E-state index contributed by atoms with van der Waals surface area (Å²) in [5, 5.41) is 11.3. The highest BCUT2D eigenvalue weighted by atomic mass is 32.2. The zero-order chi connectivity index (χ0) is 17.7. The molecule has 0 spiro atoms. The number of aryl methyl sites for hydroxylation is 2. The van der Waals surface area contributed by atoms with Gasteiger partial charge >= 0.3 is 0 Å². The SMILES string of the molecule is Cc1cc(C)cc(OCc2nnc(SCC(=O)NC(C)C)n2N)c1. The number of nitrogens with one attached hydrogen (secondary N) is 1. The molecule has 0 bridgehead atoms. The van der Waals surface area contributed by atoms with E-state index in [1.165, 1.54) is 16.4 Å². The fourth-order valence-corrected chi connectivity index (χ4v) is 2.85. The quantitative estimate of drug-likeness (QED) is 0.585. The lowest BCUT2D eigenvalue weighted by Gasteiger charge is -2.09. The summed E-state index contributed by atoms with van der Waals surface area (Å²) in [4.78, 5) is 11.7. The van der Waals surface area contributed by atoms with Crippen LogP contribution in [0, 0.1) is 13.8 Å². The third kappa shape index (κ3) is 5.16. The number of hydrogen-bond acceptors (Lipinski definition) is 6. The van der Waals surface area contributed by atoms with E-state index in [9.17, 15) is 4.79 Å². The lowest BCUT2D eigenvalue weighted by Crippen LogP contribution is -2.31. The van der Waals surface area contributed by atoms with E-state index in [1.807, 2.05) is 39.8 Å². The first kappa shape index (κ1) is 18.1. The van der Waals surface area contributed by atoms with Crippen molar-refractivity contribution in [1.29, 1.82) is 0 Å². The van der Waals surface area contributed by atoms with Gasteiger partial charge in [-0.1, -0.05) is 17.8 Å². The van der Waals surface area contributed by atoms with Crippen molar-refractivity contribution >= 4 is 17.7 Å². The Labute approximate surface area is 145 Å². The minimum Gasteiger partial charge on any atom is -0.486 e. The van der Waals surface area contributed by atoms with Gasteiger partial charge in [0.2, 0.25) is 11.1 Å². The van der Waals surface area contributed by atoms with Gasteiger partial charge in [0.05, 0.1) is 5.75 Å². The van der Waals surface area contributed by atoms with E-state index in [1.54, 1.807) is 0 Å². The Balaban J connectivity index is 1.93. The van der Waals surface area contributed by atoms with E-state index in [0.29, 0.717) is 11.0 Å². The highest BCUT2D eigenvalue weighted by Gasteiger charge is 2.13. The summed E-state index contributed by atoms with van der Waals surface area (Å²) in [5.74, 6) is 7.42. The van der Waals surface area contributed by atoms with Gasteiger partial charge in [0.25, 0.3) is 0 Å². The predicted octanol–water partition coefficient (Wildman–Crippen LogP) is 1.80. The summed E-state index contributed by atoms with van der Waals surface area (Å²) in [6.07, 6.45) is 0. The number of nitrogens with two attached hydrogens (primary N) is 1. The number of hydrogen-bond donors (Lipinski definition) is 2.